The molecule has 6 heteroatoms. The van der Waals surface area contributed by atoms with Crippen molar-refractivity contribution in [2.45, 2.75) is 25.7 Å². The van der Waals surface area contributed by atoms with Gasteiger partial charge < -0.3 is 10.6 Å². The van der Waals surface area contributed by atoms with E-state index in [4.69, 9.17) is 0 Å². The van der Waals surface area contributed by atoms with Crippen LogP contribution in [0.1, 0.15) is 25.7 Å². The Kier molecular flexibility index (Phi) is 13.9. The Labute approximate surface area is 130 Å². The maximum absolute atomic E-state index is 11.3. The number of thioether (sulfide) groups is 2. The van der Waals surface area contributed by atoms with Crippen molar-refractivity contribution in [1.82, 2.24) is 10.6 Å². The van der Waals surface area contributed by atoms with Gasteiger partial charge in [-0.1, -0.05) is 26.0 Å². The Morgan fingerprint density at radius 1 is 0.800 bits per heavy atom. The van der Waals surface area contributed by atoms with Crippen molar-refractivity contribution in [3.05, 3.63) is 24.0 Å². The molecular formula is C14H24N2O2S2. The predicted octanol–water partition coefficient (Wildman–Crippen LogP) is 2.53. The van der Waals surface area contributed by atoms with Gasteiger partial charge in [0.1, 0.15) is 0 Å². The number of hydrogen-bond acceptors (Lipinski definition) is 4. The third-order valence-corrected chi connectivity index (χ3v) is 3.74. The summed E-state index contributed by atoms with van der Waals surface area (Å²) in [5, 5.41) is 9.06. The van der Waals surface area contributed by atoms with E-state index < -0.39 is 0 Å². The van der Waals surface area contributed by atoms with Crippen LogP contribution in [-0.4, -0.2) is 36.4 Å². The fraction of sp³-hybridized carbons (Fsp3) is 0.571. The molecule has 2 amide bonds. The number of nitrogens with one attached hydrogen (secondary N) is 2. The van der Waals surface area contributed by atoms with Gasteiger partial charge in [0.05, 0.1) is 11.5 Å². The fourth-order valence-electron chi connectivity index (χ4n) is 1.43. The molecule has 0 aliphatic carbocycles. The van der Waals surface area contributed by atoms with Crippen molar-refractivity contribution in [2.24, 2.45) is 0 Å². The van der Waals surface area contributed by atoms with E-state index in [2.05, 4.69) is 23.8 Å². The number of amides is 2. The van der Waals surface area contributed by atoms with Crippen molar-refractivity contribution >= 4 is 35.3 Å². The van der Waals surface area contributed by atoms with E-state index in [0.29, 0.717) is 11.5 Å². The quantitative estimate of drug-likeness (QED) is 0.513. The van der Waals surface area contributed by atoms with Crippen molar-refractivity contribution in [3.8, 4) is 0 Å². The summed E-state index contributed by atoms with van der Waals surface area (Å²) in [5.74, 6) is 1.00. The van der Waals surface area contributed by atoms with Crippen LogP contribution in [0.5, 0.6) is 0 Å². The summed E-state index contributed by atoms with van der Waals surface area (Å²) < 4.78 is 0. The molecule has 0 aliphatic rings. The van der Waals surface area contributed by atoms with Crippen LogP contribution in [0.25, 0.3) is 0 Å². The van der Waals surface area contributed by atoms with Gasteiger partial charge in [0, 0.05) is 13.1 Å². The maximum Gasteiger partial charge on any atom is 0.230 e. The van der Waals surface area contributed by atoms with Crippen LogP contribution in [0.4, 0.5) is 0 Å². The summed E-state index contributed by atoms with van der Waals surface area (Å²) in [7, 11) is 0. The summed E-state index contributed by atoms with van der Waals surface area (Å²) in [4.78, 5) is 22.5. The smallest absolute Gasteiger partial charge is 0.230 e. The van der Waals surface area contributed by atoms with Gasteiger partial charge in [-0.05, 0) is 23.7 Å². The Morgan fingerprint density at radius 2 is 1.20 bits per heavy atom. The van der Waals surface area contributed by atoms with Gasteiger partial charge in [-0.15, -0.1) is 23.5 Å². The molecule has 0 bridgehead atoms. The van der Waals surface area contributed by atoms with Crippen molar-refractivity contribution in [3.63, 3.8) is 0 Å². The number of hydrogen-bond donors (Lipinski definition) is 2. The molecule has 0 spiro atoms. The van der Waals surface area contributed by atoms with Crippen LogP contribution < -0.4 is 10.6 Å². The van der Waals surface area contributed by atoms with Crippen LogP contribution in [0.15, 0.2) is 24.0 Å². The highest BCUT2D eigenvalue weighted by Gasteiger charge is 2.00. The second-order valence-electron chi connectivity index (χ2n) is 4.07. The minimum absolute atomic E-state index is 0.0573. The summed E-state index contributed by atoms with van der Waals surface area (Å²) in [6, 6.07) is 0. The summed E-state index contributed by atoms with van der Waals surface area (Å²) >= 11 is 2.81. The molecule has 2 N–H and O–H groups in total. The molecular weight excluding hydrogens is 292 g/mol. The molecule has 0 radical (unpaired) electrons. The number of carbonyl (C=O) groups excluding carboxylic acids is 2. The van der Waals surface area contributed by atoms with E-state index in [1.165, 1.54) is 23.5 Å². The van der Waals surface area contributed by atoms with E-state index in [9.17, 15) is 9.59 Å². The van der Waals surface area contributed by atoms with Crippen LogP contribution in [0, 0.1) is 0 Å². The molecule has 0 unspecified atom stereocenters. The van der Waals surface area contributed by atoms with Crippen molar-refractivity contribution in [1.29, 1.82) is 0 Å². The normalized spacial score (nSPS) is 9.80. The molecule has 0 fully saturated rings. The van der Waals surface area contributed by atoms with Gasteiger partial charge in [0.2, 0.25) is 11.8 Å². The van der Waals surface area contributed by atoms with Gasteiger partial charge in [-0.25, -0.2) is 0 Å². The van der Waals surface area contributed by atoms with Crippen molar-refractivity contribution in [2.75, 3.05) is 24.6 Å². The highest BCUT2D eigenvalue weighted by atomic mass is 32.2. The average molecular weight is 316 g/mol. The number of carbonyl (C=O) groups is 2. The molecule has 0 saturated carbocycles. The number of unbranched alkanes of at least 4 members (excludes halogenated alkanes) is 3. The summed E-state index contributed by atoms with van der Waals surface area (Å²) in [5.41, 5.74) is 0. The lowest BCUT2D eigenvalue weighted by Gasteiger charge is -2.05. The molecule has 4 nitrogen and oxygen atoms in total. The zero-order valence-corrected chi connectivity index (χ0v) is 13.5. The predicted molar refractivity (Wildman–Crippen MR) is 89.8 cm³/mol. The molecule has 0 heterocycles. The third-order valence-electron chi connectivity index (χ3n) is 2.41. The van der Waals surface area contributed by atoms with Crippen LogP contribution in [0.2, 0.25) is 0 Å². The minimum atomic E-state index is 0.0573. The Bertz CT molecular complexity index is 280. The lowest BCUT2D eigenvalue weighted by atomic mass is 10.2. The lowest BCUT2D eigenvalue weighted by molar-refractivity contribution is -0.119. The van der Waals surface area contributed by atoms with Crippen LogP contribution in [-0.2, 0) is 9.59 Å². The van der Waals surface area contributed by atoms with Crippen molar-refractivity contribution < 1.29 is 9.59 Å². The second-order valence-corrected chi connectivity index (χ2v) is 5.98. The largest absolute Gasteiger partial charge is 0.355 e. The van der Waals surface area contributed by atoms with Crippen LogP contribution in [0.3, 0.4) is 0 Å². The van der Waals surface area contributed by atoms with E-state index in [1.54, 1.807) is 10.8 Å². The lowest BCUT2D eigenvalue weighted by Crippen LogP contribution is -2.26. The molecule has 0 aromatic rings. The Balaban J connectivity index is 3.24. The standard InChI is InChI=1S/C14H24N2O2S2/c1-3-19-11-13(17)15-9-7-5-6-8-10-16-14(18)12-20-4-2/h3-4H,1-2,5-12H2,(H,15,17)(H,16,18). The molecule has 0 atom stereocenters. The van der Waals surface area contributed by atoms with E-state index in [0.717, 1.165) is 38.8 Å². The fourth-order valence-corrected chi connectivity index (χ4v) is 2.17. The zero-order valence-electron chi connectivity index (χ0n) is 11.9. The maximum atomic E-state index is 11.3. The SMILES string of the molecule is C=CSCC(=O)NCCCCCCNC(=O)CSC=C. The first-order valence-corrected chi connectivity index (χ1v) is 8.79. The molecule has 0 aromatic heterocycles. The topological polar surface area (TPSA) is 58.2 Å². The highest BCUT2D eigenvalue weighted by molar-refractivity contribution is 8.02. The Morgan fingerprint density at radius 3 is 1.55 bits per heavy atom. The molecule has 0 aromatic carbocycles. The molecule has 114 valence electrons. The van der Waals surface area contributed by atoms with E-state index in [-0.39, 0.29) is 11.8 Å². The molecule has 0 saturated heterocycles. The first-order valence-electron chi connectivity index (χ1n) is 6.69. The third kappa shape index (κ3) is 13.5. The molecule has 0 rings (SSSR count). The van der Waals surface area contributed by atoms with E-state index >= 15 is 0 Å². The average Bonchev–Trinajstić information content (AvgIpc) is 2.45. The monoisotopic (exact) mass is 316 g/mol. The highest BCUT2D eigenvalue weighted by Crippen LogP contribution is 2.01. The first kappa shape index (κ1) is 19.1. The second kappa shape index (κ2) is 14.5. The van der Waals surface area contributed by atoms with Crippen LogP contribution >= 0.6 is 23.5 Å². The van der Waals surface area contributed by atoms with Gasteiger partial charge in [-0.3, -0.25) is 9.59 Å². The zero-order chi connectivity index (χ0) is 15.1. The molecule has 0 aliphatic heterocycles. The van der Waals surface area contributed by atoms with Gasteiger partial charge in [-0.2, -0.15) is 0 Å². The summed E-state index contributed by atoms with van der Waals surface area (Å²) in [6.45, 7) is 8.54. The summed E-state index contributed by atoms with van der Waals surface area (Å²) in [6.07, 6.45) is 4.08. The minimum Gasteiger partial charge on any atom is -0.355 e. The van der Waals surface area contributed by atoms with E-state index in [1.807, 2.05) is 0 Å². The number of rotatable bonds is 13. The molecule has 20 heavy (non-hydrogen) atoms. The van der Waals surface area contributed by atoms with Gasteiger partial charge >= 0.3 is 0 Å². The Hall–Kier alpha value is -0.880. The van der Waals surface area contributed by atoms with Gasteiger partial charge in [0.25, 0.3) is 0 Å². The van der Waals surface area contributed by atoms with Gasteiger partial charge in [0.15, 0.2) is 0 Å². The first-order chi connectivity index (χ1) is 9.70.